The van der Waals surface area contributed by atoms with E-state index in [1.807, 2.05) is 30.3 Å². The molecule has 0 saturated heterocycles. The number of nitrogens with one attached hydrogen (secondary N) is 1. The Labute approximate surface area is 232 Å². The predicted molar refractivity (Wildman–Crippen MR) is 148 cm³/mol. The first-order valence-electron chi connectivity index (χ1n) is 13.2. The summed E-state index contributed by atoms with van der Waals surface area (Å²) in [5.74, 6) is -1.50. The highest BCUT2D eigenvalue weighted by Crippen LogP contribution is 2.57. The van der Waals surface area contributed by atoms with Gasteiger partial charge in [-0.25, -0.2) is 0 Å². The van der Waals surface area contributed by atoms with E-state index >= 15 is 0 Å². The van der Waals surface area contributed by atoms with Crippen LogP contribution in [-0.4, -0.2) is 34.1 Å². The number of carbonyl (C=O) groups is 3. The van der Waals surface area contributed by atoms with Gasteiger partial charge in [-0.1, -0.05) is 30.3 Å². The monoisotopic (exact) mass is 541 g/mol. The van der Waals surface area contributed by atoms with Crippen LogP contribution in [-0.2, 0) is 21.4 Å². The number of furan rings is 1. The molecule has 3 N–H and O–H groups in total. The molecule has 206 valence electrons. The second-order valence-electron chi connectivity index (χ2n) is 10.5. The molecule has 0 radical (unpaired) electrons. The molecule has 1 unspecified atom stereocenters. The molecule has 2 aliphatic rings. The van der Waals surface area contributed by atoms with Crippen molar-refractivity contribution in [1.29, 1.82) is 0 Å². The van der Waals surface area contributed by atoms with Gasteiger partial charge >= 0.3 is 0 Å². The van der Waals surface area contributed by atoms with Gasteiger partial charge in [0.25, 0.3) is 0 Å². The summed E-state index contributed by atoms with van der Waals surface area (Å²) in [6.45, 7) is 6.41. The van der Waals surface area contributed by atoms with Gasteiger partial charge in [0.1, 0.15) is 39.7 Å². The Morgan fingerprint density at radius 2 is 1.77 bits per heavy atom. The molecule has 0 saturated carbocycles. The van der Waals surface area contributed by atoms with Gasteiger partial charge < -0.3 is 24.7 Å². The van der Waals surface area contributed by atoms with Crippen molar-refractivity contribution in [2.45, 2.75) is 51.9 Å². The highest BCUT2D eigenvalue weighted by Gasteiger charge is 2.56. The van der Waals surface area contributed by atoms with Crippen LogP contribution in [0.15, 0.2) is 76.3 Å². The minimum atomic E-state index is -1.54. The average molecular weight is 542 g/mol. The summed E-state index contributed by atoms with van der Waals surface area (Å²) >= 11 is 0. The van der Waals surface area contributed by atoms with Gasteiger partial charge in [0.05, 0.1) is 17.4 Å². The highest BCUT2D eigenvalue weighted by molar-refractivity contribution is 6.31. The normalized spacial score (nSPS) is 19.9. The number of phenols is 2. The third-order valence-corrected chi connectivity index (χ3v) is 7.91. The highest BCUT2D eigenvalue weighted by atomic mass is 16.5. The number of fused-ring (bicyclic) bond motifs is 3. The SMILES string of the molecule is CC(=O)c1c(O)c(C)c(O)c2c1OC1=CC(=O)/C(=C(/C)NCCC(Cc3ccccc3)c3ccco3)C(=O)[C@]12C. The van der Waals surface area contributed by atoms with Crippen molar-refractivity contribution in [3.05, 3.63) is 99.8 Å². The molecule has 0 amide bonds. The van der Waals surface area contributed by atoms with Crippen molar-refractivity contribution in [2.24, 2.45) is 0 Å². The van der Waals surface area contributed by atoms with Crippen LogP contribution in [0, 0.1) is 6.92 Å². The van der Waals surface area contributed by atoms with Crippen LogP contribution in [0.2, 0.25) is 0 Å². The summed E-state index contributed by atoms with van der Waals surface area (Å²) in [6, 6.07) is 13.9. The smallest absolute Gasteiger partial charge is 0.194 e. The first-order valence-corrected chi connectivity index (χ1v) is 13.2. The van der Waals surface area contributed by atoms with Crippen molar-refractivity contribution >= 4 is 17.3 Å². The Hall–Kier alpha value is -4.59. The number of carbonyl (C=O) groups excluding carboxylic acids is 3. The van der Waals surface area contributed by atoms with Gasteiger partial charge in [0, 0.05) is 29.8 Å². The molecule has 8 heteroatoms. The molecular formula is C32H31NO7. The zero-order chi connectivity index (χ0) is 28.8. The van der Waals surface area contributed by atoms with Gasteiger partial charge in [-0.15, -0.1) is 0 Å². The van der Waals surface area contributed by atoms with Crippen LogP contribution < -0.4 is 10.1 Å². The molecule has 40 heavy (non-hydrogen) atoms. The largest absolute Gasteiger partial charge is 0.507 e. The second-order valence-corrected chi connectivity index (χ2v) is 10.5. The maximum absolute atomic E-state index is 14.0. The number of Topliss-reactive ketones (excluding diaryl/α,β-unsaturated/α-hetero) is 2. The quantitative estimate of drug-likeness (QED) is 0.203. The van der Waals surface area contributed by atoms with E-state index in [4.69, 9.17) is 9.15 Å². The van der Waals surface area contributed by atoms with E-state index in [9.17, 15) is 24.6 Å². The van der Waals surface area contributed by atoms with E-state index in [1.165, 1.54) is 25.5 Å². The van der Waals surface area contributed by atoms with Crippen molar-refractivity contribution in [3.63, 3.8) is 0 Å². The van der Waals surface area contributed by atoms with Crippen molar-refractivity contribution < 1.29 is 33.8 Å². The van der Waals surface area contributed by atoms with E-state index in [0.717, 1.165) is 12.2 Å². The predicted octanol–water partition coefficient (Wildman–Crippen LogP) is 5.17. The number of phenolic OH excluding ortho intramolecular Hbond substituents is 2. The molecule has 2 heterocycles. The van der Waals surface area contributed by atoms with Crippen molar-refractivity contribution in [3.8, 4) is 17.2 Å². The zero-order valence-electron chi connectivity index (χ0n) is 22.8. The fraction of sp³-hybridized carbons (Fsp3) is 0.281. The van der Waals surface area contributed by atoms with E-state index in [0.29, 0.717) is 18.7 Å². The lowest BCUT2D eigenvalue weighted by molar-refractivity contribution is -0.123. The Morgan fingerprint density at radius 3 is 2.42 bits per heavy atom. The summed E-state index contributed by atoms with van der Waals surface area (Å²) in [5, 5.41) is 24.8. The van der Waals surface area contributed by atoms with Gasteiger partial charge in [-0.3, -0.25) is 14.4 Å². The molecule has 1 aromatic heterocycles. The second kappa shape index (κ2) is 10.2. The van der Waals surface area contributed by atoms with Crippen LogP contribution >= 0.6 is 0 Å². The number of aromatic hydroxyl groups is 2. The van der Waals surface area contributed by atoms with Crippen LogP contribution in [0.3, 0.4) is 0 Å². The third kappa shape index (κ3) is 4.29. The van der Waals surface area contributed by atoms with Crippen molar-refractivity contribution in [2.75, 3.05) is 6.54 Å². The first kappa shape index (κ1) is 27.0. The summed E-state index contributed by atoms with van der Waals surface area (Å²) in [4.78, 5) is 39.5. The Kier molecular flexibility index (Phi) is 6.87. The van der Waals surface area contributed by atoms with Gasteiger partial charge in [-0.2, -0.15) is 0 Å². The lowest BCUT2D eigenvalue weighted by Crippen LogP contribution is -2.41. The molecule has 1 aliphatic heterocycles. The molecule has 8 nitrogen and oxygen atoms in total. The molecule has 1 aliphatic carbocycles. The van der Waals surface area contributed by atoms with Gasteiger partial charge in [0.15, 0.2) is 17.3 Å². The first-order chi connectivity index (χ1) is 19.1. The summed E-state index contributed by atoms with van der Waals surface area (Å²) < 4.78 is 11.5. The van der Waals surface area contributed by atoms with Crippen molar-refractivity contribution in [1.82, 2.24) is 5.32 Å². The van der Waals surface area contributed by atoms with E-state index in [2.05, 4.69) is 17.4 Å². The van der Waals surface area contributed by atoms with Crippen LogP contribution in [0.1, 0.15) is 65.9 Å². The minimum Gasteiger partial charge on any atom is -0.507 e. The number of hydrogen-bond acceptors (Lipinski definition) is 8. The number of allylic oxidation sites excluding steroid dienone is 4. The number of hydrogen-bond donors (Lipinski definition) is 3. The molecule has 0 spiro atoms. The molecule has 3 aromatic rings. The Balaban J connectivity index is 1.44. The average Bonchev–Trinajstić information content (AvgIpc) is 3.55. The molecule has 2 aromatic carbocycles. The topological polar surface area (TPSA) is 126 Å². The van der Waals surface area contributed by atoms with Crippen LogP contribution in [0.4, 0.5) is 0 Å². The molecular weight excluding hydrogens is 510 g/mol. The fourth-order valence-electron chi connectivity index (χ4n) is 5.65. The minimum absolute atomic E-state index is 0.0117. The molecule has 0 fully saturated rings. The number of rotatable bonds is 8. The van der Waals surface area contributed by atoms with E-state index in [1.54, 1.807) is 20.1 Å². The molecule has 5 rings (SSSR count). The molecule has 0 bridgehead atoms. The Morgan fingerprint density at radius 1 is 1.05 bits per heavy atom. The van der Waals surface area contributed by atoms with E-state index in [-0.39, 0.29) is 45.4 Å². The van der Waals surface area contributed by atoms with Crippen LogP contribution in [0.25, 0.3) is 0 Å². The van der Waals surface area contributed by atoms with E-state index < -0.39 is 28.5 Å². The standard InChI is InChI=1S/C32H31NO7/c1-17-28(36)26(19(3)34)30-27(29(17)37)32(4)24(40-30)16-22(35)25(31(32)38)18(2)33-13-12-21(23-11-8-14-39-23)15-20-9-6-5-7-10-20/h5-11,14,16,21,33,36-37H,12-13,15H2,1-4H3/b25-18+/t21?,32-/m1/s1. The maximum Gasteiger partial charge on any atom is 0.194 e. The fourth-order valence-corrected chi connectivity index (χ4v) is 5.65. The molecule has 2 atom stereocenters. The number of ether oxygens (including phenoxy) is 1. The van der Waals surface area contributed by atoms with Crippen LogP contribution in [0.5, 0.6) is 17.2 Å². The van der Waals surface area contributed by atoms with Gasteiger partial charge in [-0.05, 0) is 58.2 Å². The summed E-state index contributed by atoms with van der Waals surface area (Å²) in [7, 11) is 0. The third-order valence-electron chi connectivity index (χ3n) is 7.91. The van der Waals surface area contributed by atoms with Gasteiger partial charge in [0.2, 0.25) is 0 Å². The number of benzene rings is 2. The lowest BCUT2D eigenvalue weighted by Gasteiger charge is -2.29. The lowest BCUT2D eigenvalue weighted by atomic mass is 9.70. The summed E-state index contributed by atoms with van der Waals surface area (Å²) in [6.07, 6.45) is 4.32. The maximum atomic E-state index is 14.0. The Bertz CT molecular complexity index is 1580. The summed E-state index contributed by atoms with van der Waals surface area (Å²) in [5.41, 5.74) is -0.0177. The zero-order valence-corrected chi connectivity index (χ0v) is 22.8. The number of ketones is 3.